The third kappa shape index (κ3) is 62.4. The maximum absolute atomic E-state index is 12.9. The zero-order valence-electron chi connectivity index (χ0n) is 50.6. The number of hydrogen-bond donors (Lipinski definition) is 0. The lowest BCUT2D eigenvalue weighted by Gasteiger charge is -2.18. The number of ether oxygens (including phenoxy) is 3. The Bertz CT molecular complexity index is 1250. The first-order valence-corrected chi connectivity index (χ1v) is 33.5. The summed E-state index contributed by atoms with van der Waals surface area (Å²) >= 11 is 0. The fourth-order valence-corrected chi connectivity index (χ4v) is 10.1. The van der Waals surface area contributed by atoms with E-state index in [2.05, 4.69) is 57.2 Å². The van der Waals surface area contributed by atoms with Crippen molar-refractivity contribution in [3.8, 4) is 0 Å². The Kier molecular flexibility index (Phi) is 62.1. The Morgan fingerprint density at radius 3 is 0.747 bits per heavy atom. The molecule has 1 atom stereocenters. The van der Waals surface area contributed by atoms with Crippen LogP contribution in [-0.4, -0.2) is 37.2 Å². The van der Waals surface area contributed by atoms with Gasteiger partial charge in [-0.15, -0.1) is 0 Å². The van der Waals surface area contributed by atoms with E-state index in [9.17, 15) is 14.4 Å². The van der Waals surface area contributed by atoms with E-state index in [1.165, 1.54) is 257 Å². The maximum atomic E-state index is 12.9. The maximum Gasteiger partial charge on any atom is 0.306 e. The summed E-state index contributed by atoms with van der Waals surface area (Å²) in [4.78, 5) is 38.0. The lowest BCUT2D eigenvalue weighted by molar-refractivity contribution is -0.167. The number of carbonyl (C=O) groups excluding carboxylic acids is 3. The van der Waals surface area contributed by atoms with Gasteiger partial charge in [-0.25, -0.2) is 0 Å². The molecular weight excluding hydrogens is 925 g/mol. The summed E-state index contributed by atoms with van der Waals surface area (Å²) < 4.78 is 16.8. The molecule has 1 unspecified atom stereocenters. The standard InChI is InChI=1S/C69H128O6/c1-4-7-10-13-16-18-20-22-24-26-28-30-32-33-34-35-36-37-38-40-41-43-45-47-49-51-53-56-59-62-68(71)74-65-66(64-73-67(70)61-58-55-15-12-9-6-3)75-69(72)63-60-57-54-52-50-48-46-44-42-39-31-29-27-25-23-21-19-17-14-11-8-5-2/h20,22,26,28,32-33,66H,4-19,21,23-25,27,29-31,34-65H2,1-3H3/b22-20-,28-26-,33-32-. The average Bonchev–Trinajstić information content (AvgIpc) is 3.41. The highest BCUT2D eigenvalue weighted by Gasteiger charge is 2.19. The van der Waals surface area contributed by atoms with Gasteiger partial charge in [0.15, 0.2) is 6.10 Å². The summed E-state index contributed by atoms with van der Waals surface area (Å²) in [5.41, 5.74) is 0. The second-order valence-electron chi connectivity index (χ2n) is 22.7. The van der Waals surface area contributed by atoms with Gasteiger partial charge >= 0.3 is 17.9 Å². The molecule has 0 bridgehead atoms. The van der Waals surface area contributed by atoms with Crippen LogP contribution in [0.3, 0.4) is 0 Å². The first-order valence-electron chi connectivity index (χ1n) is 33.5. The van der Waals surface area contributed by atoms with Crippen molar-refractivity contribution in [2.45, 2.75) is 374 Å². The van der Waals surface area contributed by atoms with Crippen LogP contribution in [0.25, 0.3) is 0 Å². The average molecular weight is 1050 g/mol. The van der Waals surface area contributed by atoms with Gasteiger partial charge in [0, 0.05) is 19.3 Å². The number of carbonyl (C=O) groups is 3. The van der Waals surface area contributed by atoms with E-state index in [0.717, 1.165) is 70.6 Å². The predicted octanol–water partition coefficient (Wildman–Crippen LogP) is 22.8. The lowest BCUT2D eigenvalue weighted by Crippen LogP contribution is -2.30. The van der Waals surface area contributed by atoms with Crippen LogP contribution in [0, 0.1) is 0 Å². The summed E-state index contributed by atoms with van der Waals surface area (Å²) in [5.74, 6) is -0.854. The molecule has 0 amide bonds. The van der Waals surface area contributed by atoms with Gasteiger partial charge in [0.25, 0.3) is 0 Å². The molecule has 0 aromatic rings. The van der Waals surface area contributed by atoms with E-state index < -0.39 is 6.10 Å². The Balaban J connectivity index is 4.01. The van der Waals surface area contributed by atoms with Crippen molar-refractivity contribution in [3.05, 3.63) is 36.5 Å². The molecule has 0 aliphatic rings. The van der Waals surface area contributed by atoms with Gasteiger partial charge in [-0.3, -0.25) is 14.4 Å². The van der Waals surface area contributed by atoms with E-state index in [-0.39, 0.29) is 31.1 Å². The van der Waals surface area contributed by atoms with Crippen molar-refractivity contribution in [2.75, 3.05) is 13.2 Å². The fraction of sp³-hybridized carbons (Fsp3) is 0.870. The largest absolute Gasteiger partial charge is 0.462 e. The van der Waals surface area contributed by atoms with Crippen molar-refractivity contribution >= 4 is 17.9 Å². The molecule has 0 saturated carbocycles. The van der Waals surface area contributed by atoms with Crippen LogP contribution in [-0.2, 0) is 28.6 Å². The molecule has 75 heavy (non-hydrogen) atoms. The topological polar surface area (TPSA) is 78.9 Å². The Morgan fingerprint density at radius 1 is 0.267 bits per heavy atom. The molecule has 0 rings (SSSR count). The van der Waals surface area contributed by atoms with Gasteiger partial charge in [-0.1, -0.05) is 327 Å². The number of allylic oxidation sites excluding steroid dienone is 6. The molecule has 0 spiro atoms. The lowest BCUT2D eigenvalue weighted by atomic mass is 10.0. The van der Waals surface area contributed by atoms with Gasteiger partial charge in [-0.2, -0.15) is 0 Å². The van der Waals surface area contributed by atoms with E-state index in [4.69, 9.17) is 14.2 Å². The van der Waals surface area contributed by atoms with Crippen molar-refractivity contribution in [3.63, 3.8) is 0 Å². The number of esters is 3. The van der Waals surface area contributed by atoms with Crippen molar-refractivity contribution in [1.82, 2.24) is 0 Å². The van der Waals surface area contributed by atoms with Crippen LogP contribution in [0.2, 0.25) is 0 Å². The molecule has 0 aromatic heterocycles. The van der Waals surface area contributed by atoms with Gasteiger partial charge in [-0.05, 0) is 57.8 Å². The highest BCUT2D eigenvalue weighted by Crippen LogP contribution is 2.18. The molecule has 6 heteroatoms. The summed E-state index contributed by atoms with van der Waals surface area (Å²) in [6, 6.07) is 0. The van der Waals surface area contributed by atoms with Crippen molar-refractivity contribution in [1.29, 1.82) is 0 Å². The van der Waals surface area contributed by atoms with Crippen LogP contribution in [0.1, 0.15) is 367 Å². The first kappa shape index (κ1) is 72.6. The molecule has 6 nitrogen and oxygen atoms in total. The minimum atomic E-state index is -0.766. The van der Waals surface area contributed by atoms with Gasteiger partial charge < -0.3 is 14.2 Å². The van der Waals surface area contributed by atoms with Gasteiger partial charge in [0.05, 0.1) is 0 Å². The van der Waals surface area contributed by atoms with Crippen LogP contribution in [0.5, 0.6) is 0 Å². The van der Waals surface area contributed by atoms with E-state index in [1.807, 2.05) is 0 Å². The summed E-state index contributed by atoms with van der Waals surface area (Å²) in [5, 5.41) is 0. The van der Waals surface area contributed by atoms with Crippen LogP contribution >= 0.6 is 0 Å². The Hall–Kier alpha value is -2.37. The number of unbranched alkanes of at least 4 members (excludes halogenated alkanes) is 45. The molecule has 0 radical (unpaired) electrons. The summed E-state index contributed by atoms with van der Waals surface area (Å²) in [6.45, 7) is 6.63. The zero-order chi connectivity index (χ0) is 54.3. The Morgan fingerprint density at radius 2 is 0.480 bits per heavy atom. The predicted molar refractivity (Wildman–Crippen MR) is 326 cm³/mol. The van der Waals surface area contributed by atoms with Crippen LogP contribution in [0.15, 0.2) is 36.5 Å². The molecule has 0 aliphatic carbocycles. The third-order valence-corrected chi connectivity index (χ3v) is 15.1. The molecular formula is C69H128O6. The van der Waals surface area contributed by atoms with Gasteiger partial charge in [0.1, 0.15) is 13.2 Å². The van der Waals surface area contributed by atoms with E-state index >= 15 is 0 Å². The minimum Gasteiger partial charge on any atom is -0.462 e. The second-order valence-corrected chi connectivity index (χ2v) is 22.7. The Labute approximate surface area is 467 Å². The molecule has 0 saturated heterocycles. The van der Waals surface area contributed by atoms with Crippen molar-refractivity contribution in [2.24, 2.45) is 0 Å². The summed E-state index contributed by atoms with van der Waals surface area (Å²) in [7, 11) is 0. The molecule has 0 N–H and O–H groups in total. The third-order valence-electron chi connectivity index (χ3n) is 15.1. The number of rotatable bonds is 62. The molecule has 440 valence electrons. The first-order chi connectivity index (χ1) is 37.0. The van der Waals surface area contributed by atoms with Gasteiger partial charge in [0.2, 0.25) is 0 Å². The zero-order valence-corrected chi connectivity index (χ0v) is 50.6. The monoisotopic (exact) mass is 1050 g/mol. The molecule has 0 aliphatic heterocycles. The van der Waals surface area contributed by atoms with E-state index in [1.54, 1.807) is 0 Å². The van der Waals surface area contributed by atoms with Crippen LogP contribution < -0.4 is 0 Å². The van der Waals surface area contributed by atoms with E-state index in [0.29, 0.717) is 19.3 Å². The molecule has 0 fully saturated rings. The highest BCUT2D eigenvalue weighted by atomic mass is 16.6. The fourth-order valence-electron chi connectivity index (χ4n) is 10.1. The quantitative estimate of drug-likeness (QED) is 0.0261. The number of hydrogen-bond acceptors (Lipinski definition) is 6. The molecule has 0 heterocycles. The summed E-state index contributed by atoms with van der Waals surface area (Å²) in [6.07, 6.45) is 79.2. The molecule has 0 aromatic carbocycles. The van der Waals surface area contributed by atoms with Crippen molar-refractivity contribution < 1.29 is 28.6 Å². The normalized spacial score (nSPS) is 12.2. The minimum absolute atomic E-state index is 0.0673. The smallest absolute Gasteiger partial charge is 0.306 e. The SMILES string of the molecule is CCCCCCC/C=C\C/C=C\C/C=C\CCCCCCCCCCCCCCCCC(=O)OCC(COC(=O)CCCCCCCC)OC(=O)CCCCCCCCCCCCCCCCCCCCCCCC. The highest BCUT2D eigenvalue weighted by molar-refractivity contribution is 5.71. The van der Waals surface area contributed by atoms with Crippen LogP contribution in [0.4, 0.5) is 0 Å². The second kappa shape index (κ2) is 64.2.